The smallest absolute Gasteiger partial charge is 0.195 e. The molecule has 4 aromatic rings. The van der Waals surface area contributed by atoms with Gasteiger partial charge in [0.1, 0.15) is 11.5 Å². The van der Waals surface area contributed by atoms with Crippen molar-refractivity contribution < 1.29 is 19.1 Å². The van der Waals surface area contributed by atoms with Gasteiger partial charge in [0.2, 0.25) is 0 Å². The number of benzene rings is 4. The lowest BCUT2D eigenvalue weighted by atomic mass is 9.84. The summed E-state index contributed by atoms with van der Waals surface area (Å²) >= 11 is 3.13. The van der Waals surface area contributed by atoms with Crippen LogP contribution in [-0.2, 0) is 11.5 Å². The zero-order valence-corrected chi connectivity index (χ0v) is 21.6. The second kappa shape index (κ2) is 10.6. The highest BCUT2D eigenvalue weighted by Gasteiger charge is 2.33. The fraction of sp³-hybridized carbons (Fsp3) is 0.133. The average molecular weight is 513 g/mol. The van der Waals surface area contributed by atoms with Crippen LogP contribution in [0.1, 0.15) is 43.0 Å². The zero-order chi connectivity index (χ0) is 25.1. The van der Waals surface area contributed by atoms with Crippen LogP contribution in [0.25, 0.3) is 0 Å². The summed E-state index contributed by atoms with van der Waals surface area (Å²) in [4.78, 5) is 29.0. The van der Waals surface area contributed by atoms with Gasteiger partial charge in [0.25, 0.3) is 0 Å². The normalized spacial score (nSPS) is 12.2. The number of fused-ring (bicyclic) bond motifs is 2. The van der Waals surface area contributed by atoms with Crippen LogP contribution < -0.4 is 9.47 Å². The summed E-state index contributed by atoms with van der Waals surface area (Å²) in [6.07, 6.45) is 0. The van der Waals surface area contributed by atoms with Crippen molar-refractivity contribution in [3.63, 3.8) is 0 Å². The number of methoxy groups -OCH3 is 2. The van der Waals surface area contributed by atoms with E-state index in [-0.39, 0.29) is 11.6 Å². The van der Waals surface area contributed by atoms with Gasteiger partial charge in [-0.1, -0.05) is 48.5 Å². The van der Waals surface area contributed by atoms with E-state index in [1.807, 2.05) is 72.8 Å². The van der Waals surface area contributed by atoms with Gasteiger partial charge in [0.15, 0.2) is 11.6 Å². The second-order valence-corrected chi connectivity index (χ2v) is 10.3. The fourth-order valence-electron chi connectivity index (χ4n) is 4.18. The van der Waals surface area contributed by atoms with Crippen LogP contribution in [0, 0.1) is 0 Å². The predicted molar refractivity (Wildman–Crippen MR) is 145 cm³/mol. The first-order valence-electron chi connectivity index (χ1n) is 11.5. The van der Waals surface area contributed by atoms with E-state index >= 15 is 0 Å². The summed E-state index contributed by atoms with van der Waals surface area (Å²) in [6, 6.07) is 26.8. The van der Waals surface area contributed by atoms with Gasteiger partial charge in [-0.3, -0.25) is 9.59 Å². The predicted octanol–water partition coefficient (Wildman–Crippen LogP) is 7.06. The molecule has 36 heavy (non-hydrogen) atoms. The molecule has 5 rings (SSSR count). The molecule has 6 heteroatoms. The number of carbonyl (C=O) groups is 2. The first-order valence-corrected chi connectivity index (χ1v) is 13.4. The lowest BCUT2D eigenvalue weighted by molar-refractivity contribution is 0.0974. The standard InChI is InChI=1S/C30H24O4S2/c1-33-21-13-9-19(10-14-21)17-35-25-7-3-5-23-27(25)29(31)24-6-4-8-26(28(24)30(23)32)36-18-20-11-15-22(34-2)16-12-20/h3-16H,17-18H2,1-2H3. The molecule has 0 saturated carbocycles. The van der Waals surface area contributed by atoms with Crippen molar-refractivity contribution in [3.05, 3.63) is 118 Å². The van der Waals surface area contributed by atoms with Crippen LogP contribution in [-0.4, -0.2) is 25.8 Å². The maximum Gasteiger partial charge on any atom is 0.195 e. The minimum absolute atomic E-state index is 0.0932. The Balaban J connectivity index is 1.40. The second-order valence-electron chi connectivity index (χ2n) is 8.29. The molecule has 0 spiro atoms. The lowest BCUT2D eigenvalue weighted by Gasteiger charge is -2.22. The van der Waals surface area contributed by atoms with Gasteiger partial charge in [0, 0.05) is 43.6 Å². The van der Waals surface area contributed by atoms with E-state index in [0.29, 0.717) is 33.8 Å². The maximum atomic E-state index is 13.7. The van der Waals surface area contributed by atoms with Crippen LogP contribution in [0.2, 0.25) is 0 Å². The minimum Gasteiger partial charge on any atom is -0.497 e. The van der Waals surface area contributed by atoms with E-state index in [1.165, 1.54) is 0 Å². The Kier molecular flexibility index (Phi) is 7.16. The first-order chi connectivity index (χ1) is 17.6. The molecule has 0 atom stereocenters. The molecule has 0 radical (unpaired) electrons. The Morgan fingerprint density at radius 1 is 0.556 bits per heavy atom. The molecule has 0 bridgehead atoms. The van der Waals surface area contributed by atoms with Gasteiger partial charge < -0.3 is 9.47 Å². The van der Waals surface area contributed by atoms with Crippen molar-refractivity contribution in [1.82, 2.24) is 0 Å². The maximum absolute atomic E-state index is 13.7. The van der Waals surface area contributed by atoms with E-state index in [2.05, 4.69) is 0 Å². The van der Waals surface area contributed by atoms with Crippen LogP contribution in [0.15, 0.2) is 94.7 Å². The third-order valence-corrected chi connectivity index (χ3v) is 8.36. The van der Waals surface area contributed by atoms with Crippen molar-refractivity contribution in [1.29, 1.82) is 0 Å². The summed E-state index contributed by atoms with van der Waals surface area (Å²) < 4.78 is 10.5. The molecule has 0 aliphatic heterocycles. The van der Waals surface area contributed by atoms with Crippen molar-refractivity contribution in [2.45, 2.75) is 21.3 Å². The number of hydrogen-bond acceptors (Lipinski definition) is 6. The summed E-state index contributed by atoms with van der Waals surface area (Å²) in [5.74, 6) is 2.80. The van der Waals surface area contributed by atoms with Gasteiger partial charge >= 0.3 is 0 Å². The Labute approximate surface area is 219 Å². The molecule has 4 aromatic carbocycles. The topological polar surface area (TPSA) is 52.6 Å². The summed E-state index contributed by atoms with van der Waals surface area (Å²) in [6.45, 7) is 0. The van der Waals surface area contributed by atoms with Gasteiger partial charge in [-0.25, -0.2) is 0 Å². The number of hydrogen-bond donors (Lipinski definition) is 0. The molecule has 4 nitrogen and oxygen atoms in total. The lowest BCUT2D eigenvalue weighted by Crippen LogP contribution is -2.22. The van der Waals surface area contributed by atoms with Crippen molar-refractivity contribution >= 4 is 35.1 Å². The van der Waals surface area contributed by atoms with Crippen molar-refractivity contribution in [2.75, 3.05) is 14.2 Å². The molecule has 1 aliphatic rings. The Hall–Kier alpha value is -3.48. The van der Waals surface area contributed by atoms with Crippen LogP contribution >= 0.6 is 23.5 Å². The highest BCUT2D eigenvalue weighted by Crippen LogP contribution is 2.39. The third-order valence-electron chi connectivity index (χ3n) is 6.10. The minimum atomic E-state index is -0.0932. The molecule has 0 N–H and O–H groups in total. The van der Waals surface area contributed by atoms with Crippen LogP contribution in [0.3, 0.4) is 0 Å². The molecule has 0 amide bonds. The highest BCUT2D eigenvalue weighted by atomic mass is 32.2. The van der Waals surface area contributed by atoms with Gasteiger partial charge in [0.05, 0.1) is 14.2 Å². The van der Waals surface area contributed by atoms with Crippen LogP contribution in [0.5, 0.6) is 11.5 Å². The van der Waals surface area contributed by atoms with Gasteiger partial charge in [-0.2, -0.15) is 0 Å². The van der Waals surface area contributed by atoms with E-state index in [9.17, 15) is 9.59 Å². The molecule has 0 heterocycles. The summed E-state index contributed by atoms with van der Waals surface area (Å²) in [5.41, 5.74) is 4.20. The number of ketones is 2. The summed E-state index contributed by atoms with van der Waals surface area (Å²) in [5, 5.41) is 0. The van der Waals surface area contributed by atoms with Crippen LogP contribution in [0.4, 0.5) is 0 Å². The fourth-order valence-corrected chi connectivity index (χ4v) is 6.26. The van der Waals surface area contributed by atoms with E-state index < -0.39 is 0 Å². The van der Waals surface area contributed by atoms with Crippen molar-refractivity contribution in [3.8, 4) is 11.5 Å². The first kappa shape index (κ1) is 24.2. The molecular formula is C30H24O4S2. The molecule has 0 unspecified atom stereocenters. The SMILES string of the molecule is COc1ccc(CSc2cccc3c2C(=O)c2cccc(SCc4ccc(OC)cc4)c2C3=O)cc1. The van der Waals surface area contributed by atoms with Gasteiger partial charge in [-0.05, 0) is 47.5 Å². The highest BCUT2D eigenvalue weighted by molar-refractivity contribution is 7.98. The third kappa shape index (κ3) is 4.79. The van der Waals surface area contributed by atoms with E-state index in [0.717, 1.165) is 32.4 Å². The van der Waals surface area contributed by atoms with E-state index in [1.54, 1.807) is 49.9 Å². The molecule has 1 aliphatic carbocycles. The molecular weight excluding hydrogens is 488 g/mol. The zero-order valence-electron chi connectivity index (χ0n) is 19.9. The molecule has 180 valence electrons. The number of rotatable bonds is 8. The largest absolute Gasteiger partial charge is 0.497 e. The average Bonchev–Trinajstić information content (AvgIpc) is 2.93. The number of ether oxygens (including phenoxy) is 2. The Bertz CT molecular complexity index is 1320. The monoisotopic (exact) mass is 512 g/mol. The number of thioether (sulfide) groups is 2. The molecule has 0 fully saturated rings. The van der Waals surface area contributed by atoms with Crippen molar-refractivity contribution in [2.24, 2.45) is 0 Å². The van der Waals surface area contributed by atoms with Gasteiger partial charge in [-0.15, -0.1) is 23.5 Å². The Morgan fingerprint density at radius 3 is 1.31 bits per heavy atom. The molecule has 0 saturated heterocycles. The Morgan fingerprint density at radius 2 is 0.944 bits per heavy atom. The quantitative estimate of drug-likeness (QED) is 0.207. The number of carbonyl (C=O) groups excluding carboxylic acids is 2. The van der Waals surface area contributed by atoms with E-state index in [4.69, 9.17) is 9.47 Å². The summed E-state index contributed by atoms with van der Waals surface area (Å²) in [7, 11) is 3.28. The molecule has 0 aromatic heterocycles.